The maximum absolute atomic E-state index is 13.5. The van der Waals surface area contributed by atoms with Crippen LogP contribution in [0.4, 0.5) is 10.5 Å². The molecule has 40 heavy (non-hydrogen) atoms. The lowest BCUT2D eigenvalue weighted by molar-refractivity contribution is -0.127. The van der Waals surface area contributed by atoms with Crippen LogP contribution in [0.3, 0.4) is 0 Å². The van der Waals surface area contributed by atoms with Crippen molar-refractivity contribution in [3.05, 3.63) is 83.4 Å². The van der Waals surface area contributed by atoms with Crippen molar-refractivity contribution >= 4 is 41.1 Å². The highest BCUT2D eigenvalue weighted by atomic mass is 35.5. The topological polar surface area (TPSA) is 77.1 Å². The van der Waals surface area contributed by atoms with Crippen LogP contribution in [0.25, 0.3) is 0 Å². The first kappa shape index (κ1) is 29.8. The number of hydrogen-bond acceptors (Lipinski definition) is 6. The van der Waals surface area contributed by atoms with Gasteiger partial charge in [-0.2, -0.15) is 0 Å². The molecule has 7 nitrogen and oxygen atoms in total. The third kappa shape index (κ3) is 7.11. The van der Waals surface area contributed by atoms with Crippen LogP contribution >= 0.6 is 23.4 Å². The van der Waals surface area contributed by atoms with Crippen molar-refractivity contribution < 1.29 is 23.8 Å². The van der Waals surface area contributed by atoms with Gasteiger partial charge in [0, 0.05) is 9.79 Å². The molecule has 1 aliphatic heterocycles. The van der Waals surface area contributed by atoms with Gasteiger partial charge in [-0.3, -0.25) is 9.69 Å². The Morgan fingerprint density at radius 2 is 1.70 bits per heavy atom. The molecule has 2 amide bonds. The highest BCUT2D eigenvalue weighted by Crippen LogP contribution is 2.39. The minimum atomic E-state index is -1.30. The molecule has 1 saturated heterocycles. The summed E-state index contributed by atoms with van der Waals surface area (Å²) >= 11 is 8.13. The van der Waals surface area contributed by atoms with Gasteiger partial charge in [-0.1, -0.05) is 59.8 Å². The fraction of sp³-hybridized carbons (Fsp3) is 0.355. The van der Waals surface area contributed by atoms with E-state index in [9.17, 15) is 9.59 Å². The largest absolute Gasteiger partial charge is 0.489 e. The molecule has 4 rings (SSSR count). The molecule has 3 aromatic rings. The molecule has 1 heterocycles. The lowest BCUT2D eigenvalue weighted by Gasteiger charge is -2.39. The Morgan fingerprint density at radius 1 is 1.00 bits per heavy atom. The lowest BCUT2D eigenvalue weighted by atomic mass is 9.99. The predicted octanol–water partition coefficient (Wildman–Crippen LogP) is 7.77. The fourth-order valence-electron chi connectivity index (χ4n) is 4.36. The van der Waals surface area contributed by atoms with Crippen LogP contribution in [0.5, 0.6) is 5.75 Å². The Bertz CT molecular complexity index is 1380. The molecule has 1 aliphatic rings. The van der Waals surface area contributed by atoms with E-state index in [1.165, 1.54) is 16.7 Å². The molecule has 1 N–H and O–H groups in total. The van der Waals surface area contributed by atoms with Crippen LogP contribution in [-0.2, 0) is 20.9 Å². The zero-order valence-corrected chi connectivity index (χ0v) is 25.2. The number of anilines is 1. The van der Waals surface area contributed by atoms with Crippen LogP contribution < -0.4 is 10.1 Å². The average molecular weight is 583 g/mol. The molecule has 0 aromatic heterocycles. The standard InChI is InChI=1S/C31H35ClN2O5S/c1-29(2,3)39-28(36)34-30(4,5)38-20-31(34,6)27(35)33-26-16-15-24(18-25(26)32)40-23-14-10-13-22(17-23)37-19-21-11-8-7-9-12-21/h7-18H,19-20H2,1-6H3,(H,33,35)/t31-/m1/s1. The first-order valence-corrected chi connectivity index (χ1v) is 14.2. The normalized spacial score (nSPS) is 18.3. The SMILES string of the molecule is CC(C)(C)OC(=O)N1C(C)(C)OC[C@]1(C)C(=O)Nc1ccc(Sc2cccc(OCc3ccccc3)c2)cc1Cl. The Hall–Kier alpha value is -3.20. The number of amides is 2. The fourth-order valence-corrected chi connectivity index (χ4v) is 5.56. The van der Waals surface area contributed by atoms with Crippen LogP contribution in [0.1, 0.15) is 47.1 Å². The summed E-state index contributed by atoms with van der Waals surface area (Å²) in [7, 11) is 0. The summed E-state index contributed by atoms with van der Waals surface area (Å²) in [4.78, 5) is 29.8. The number of nitrogens with zero attached hydrogens (tertiary/aromatic N) is 1. The molecule has 0 unspecified atom stereocenters. The number of carbonyl (C=O) groups is 2. The maximum atomic E-state index is 13.5. The summed E-state index contributed by atoms with van der Waals surface area (Å²) in [5.74, 6) is 0.350. The summed E-state index contributed by atoms with van der Waals surface area (Å²) in [5, 5.41) is 3.26. The Morgan fingerprint density at radius 3 is 2.38 bits per heavy atom. The average Bonchev–Trinajstić information content (AvgIpc) is 3.14. The minimum absolute atomic E-state index is 0.0132. The number of carbonyl (C=O) groups excluding carboxylic acids is 2. The van der Waals surface area contributed by atoms with Gasteiger partial charge >= 0.3 is 6.09 Å². The van der Waals surface area contributed by atoms with Gasteiger partial charge in [-0.25, -0.2) is 4.79 Å². The molecule has 212 valence electrons. The number of benzene rings is 3. The summed E-state index contributed by atoms with van der Waals surface area (Å²) in [5.41, 5.74) is -1.52. The zero-order valence-electron chi connectivity index (χ0n) is 23.6. The lowest BCUT2D eigenvalue weighted by Crippen LogP contribution is -2.60. The highest BCUT2D eigenvalue weighted by Gasteiger charge is 2.57. The molecule has 0 bridgehead atoms. The number of hydrogen-bond donors (Lipinski definition) is 1. The van der Waals surface area contributed by atoms with E-state index in [4.69, 9.17) is 25.8 Å². The molecular formula is C31H35ClN2O5S. The molecule has 1 atom stereocenters. The maximum Gasteiger partial charge on any atom is 0.413 e. The van der Waals surface area contributed by atoms with Crippen molar-refractivity contribution in [2.24, 2.45) is 0 Å². The van der Waals surface area contributed by atoms with Crippen molar-refractivity contribution in [1.29, 1.82) is 0 Å². The van der Waals surface area contributed by atoms with Crippen LogP contribution in [0.2, 0.25) is 5.02 Å². The monoisotopic (exact) mass is 582 g/mol. The van der Waals surface area contributed by atoms with E-state index in [2.05, 4.69) is 5.32 Å². The number of nitrogens with one attached hydrogen (secondary N) is 1. The Balaban J connectivity index is 1.44. The van der Waals surface area contributed by atoms with Crippen LogP contribution in [0.15, 0.2) is 82.6 Å². The van der Waals surface area contributed by atoms with Gasteiger partial charge in [0.1, 0.15) is 29.2 Å². The third-order valence-corrected chi connectivity index (χ3v) is 7.57. The van der Waals surface area contributed by atoms with E-state index >= 15 is 0 Å². The third-order valence-electron chi connectivity index (χ3n) is 6.28. The van der Waals surface area contributed by atoms with Crippen LogP contribution in [0, 0.1) is 0 Å². The van der Waals surface area contributed by atoms with Gasteiger partial charge in [-0.15, -0.1) is 0 Å². The Labute approximate surface area is 245 Å². The van der Waals surface area contributed by atoms with E-state index in [0.717, 1.165) is 21.1 Å². The molecule has 1 fully saturated rings. The number of ether oxygens (including phenoxy) is 3. The second-order valence-electron chi connectivity index (χ2n) is 11.3. The summed E-state index contributed by atoms with van der Waals surface area (Å²) < 4.78 is 17.4. The van der Waals surface area contributed by atoms with Crippen LogP contribution in [-0.4, -0.2) is 40.4 Å². The number of rotatable bonds is 7. The Kier molecular flexibility index (Phi) is 8.73. The molecule has 0 spiro atoms. The van der Waals surface area contributed by atoms with Gasteiger partial charge in [0.25, 0.3) is 5.91 Å². The summed E-state index contributed by atoms with van der Waals surface area (Å²) in [6.07, 6.45) is -0.625. The van der Waals surface area contributed by atoms with Gasteiger partial charge < -0.3 is 19.5 Å². The van der Waals surface area contributed by atoms with Gasteiger partial charge in [0.15, 0.2) is 0 Å². The van der Waals surface area contributed by atoms with Crippen molar-refractivity contribution in [2.45, 2.75) is 74.8 Å². The smallest absolute Gasteiger partial charge is 0.413 e. The van der Waals surface area contributed by atoms with E-state index in [1.54, 1.807) is 53.7 Å². The van der Waals surface area contributed by atoms with Gasteiger partial charge in [0.2, 0.25) is 0 Å². The van der Waals surface area contributed by atoms with E-state index < -0.39 is 28.9 Å². The van der Waals surface area contributed by atoms with Crippen molar-refractivity contribution in [3.8, 4) is 5.75 Å². The van der Waals surface area contributed by atoms with E-state index in [0.29, 0.717) is 17.3 Å². The number of halogens is 1. The van der Waals surface area contributed by atoms with Gasteiger partial charge in [-0.05, 0) is 83.5 Å². The first-order valence-electron chi connectivity index (χ1n) is 13.0. The van der Waals surface area contributed by atoms with Crippen molar-refractivity contribution in [2.75, 3.05) is 11.9 Å². The minimum Gasteiger partial charge on any atom is -0.489 e. The zero-order chi connectivity index (χ0) is 29.1. The molecule has 9 heteroatoms. The highest BCUT2D eigenvalue weighted by molar-refractivity contribution is 7.99. The summed E-state index contributed by atoms with van der Waals surface area (Å²) in [6, 6.07) is 23.3. The van der Waals surface area contributed by atoms with Crippen molar-refractivity contribution in [3.63, 3.8) is 0 Å². The molecule has 0 radical (unpaired) electrons. The first-order chi connectivity index (χ1) is 18.8. The molecule has 0 saturated carbocycles. The second kappa shape index (κ2) is 11.7. The summed E-state index contributed by atoms with van der Waals surface area (Å²) in [6.45, 7) is 11.0. The van der Waals surface area contributed by atoms with E-state index in [1.807, 2.05) is 60.7 Å². The molecule has 0 aliphatic carbocycles. The van der Waals surface area contributed by atoms with E-state index in [-0.39, 0.29) is 6.61 Å². The molecular weight excluding hydrogens is 548 g/mol. The second-order valence-corrected chi connectivity index (χ2v) is 12.8. The molecule has 3 aromatic carbocycles. The van der Waals surface area contributed by atoms with Gasteiger partial charge in [0.05, 0.1) is 17.3 Å². The predicted molar refractivity (Wildman–Crippen MR) is 158 cm³/mol. The van der Waals surface area contributed by atoms with Crippen molar-refractivity contribution in [1.82, 2.24) is 4.90 Å². The quantitative estimate of drug-likeness (QED) is 0.307.